The summed E-state index contributed by atoms with van der Waals surface area (Å²) in [6.45, 7) is 8.05. The van der Waals surface area contributed by atoms with E-state index < -0.39 is 0 Å². The minimum atomic E-state index is -0.309. The molecule has 0 aliphatic heterocycles. The molecule has 1 N–H and O–H groups in total. The molecule has 1 heteroatoms. The second-order valence-electron chi connectivity index (χ2n) is 3.57. The number of hydrogen-bond acceptors (Lipinski definition) is 1. The van der Waals surface area contributed by atoms with Gasteiger partial charge in [0.05, 0.1) is 6.10 Å². The highest BCUT2D eigenvalue weighted by Crippen LogP contribution is 2.07. The predicted molar refractivity (Wildman–Crippen MR) is 54.1 cm³/mol. The average molecular weight is 168 g/mol. The molecule has 0 aliphatic rings. The Labute approximate surface area is 75.8 Å². The summed E-state index contributed by atoms with van der Waals surface area (Å²) in [6.07, 6.45) is 5.95. The Kier molecular flexibility index (Phi) is 5.73. The van der Waals surface area contributed by atoms with E-state index in [0.717, 1.165) is 12.8 Å². The lowest BCUT2D eigenvalue weighted by Gasteiger charge is -2.00. The van der Waals surface area contributed by atoms with E-state index in [-0.39, 0.29) is 6.10 Å². The number of hydrogen-bond donors (Lipinski definition) is 1. The zero-order chi connectivity index (χ0) is 9.56. The highest BCUT2D eigenvalue weighted by Gasteiger charge is 1.91. The van der Waals surface area contributed by atoms with Crippen LogP contribution >= 0.6 is 0 Å². The van der Waals surface area contributed by atoms with Gasteiger partial charge in [0.2, 0.25) is 0 Å². The fourth-order valence-electron chi connectivity index (χ4n) is 1.08. The first-order chi connectivity index (χ1) is 5.52. The van der Waals surface area contributed by atoms with Crippen molar-refractivity contribution >= 4 is 0 Å². The van der Waals surface area contributed by atoms with Crippen molar-refractivity contribution in [2.75, 3.05) is 0 Å². The van der Waals surface area contributed by atoms with E-state index in [9.17, 15) is 0 Å². The summed E-state index contributed by atoms with van der Waals surface area (Å²) in [7, 11) is 0. The van der Waals surface area contributed by atoms with Crippen molar-refractivity contribution in [2.24, 2.45) is 0 Å². The molecule has 1 atom stereocenters. The van der Waals surface area contributed by atoms with Crippen LogP contribution in [0.5, 0.6) is 0 Å². The minimum Gasteiger partial charge on any atom is -0.389 e. The highest BCUT2D eigenvalue weighted by atomic mass is 16.3. The fraction of sp³-hybridized carbons (Fsp3) is 0.636. The lowest BCUT2D eigenvalue weighted by molar-refractivity contribution is 0.243. The molecular formula is C11H20O. The van der Waals surface area contributed by atoms with Crippen LogP contribution in [0.15, 0.2) is 23.3 Å². The number of aliphatic hydroxyl groups is 1. The lowest BCUT2D eigenvalue weighted by Crippen LogP contribution is -1.94. The van der Waals surface area contributed by atoms with Gasteiger partial charge in [0.15, 0.2) is 0 Å². The summed E-state index contributed by atoms with van der Waals surface area (Å²) in [6, 6.07) is 0. The first-order valence-electron chi connectivity index (χ1n) is 4.51. The van der Waals surface area contributed by atoms with Crippen molar-refractivity contribution < 1.29 is 5.11 Å². The van der Waals surface area contributed by atoms with Crippen LogP contribution in [-0.4, -0.2) is 11.2 Å². The number of allylic oxidation sites excluding steroid dienone is 3. The van der Waals surface area contributed by atoms with Gasteiger partial charge >= 0.3 is 0 Å². The van der Waals surface area contributed by atoms with Crippen molar-refractivity contribution in [2.45, 2.75) is 46.6 Å². The van der Waals surface area contributed by atoms with Gasteiger partial charge in [-0.3, -0.25) is 0 Å². The van der Waals surface area contributed by atoms with Crippen LogP contribution in [-0.2, 0) is 0 Å². The van der Waals surface area contributed by atoms with E-state index in [1.54, 1.807) is 6.92 Å². The third-order valence-corrected chi connectivity index (χ3v) is 1.62. The Hall–Kier alpha value is -0.560. The predicted octanol–water partition coefficient (Wildman–Crippen LogP) is 3.06. The van der Waals surface area contributed by atoms with Crippen LogP contribution in [0.4, 0.5) is 0 Å². The highest BCUT2D eigenvalue weighted by molar-refractivity contribution is 5.03. The van der Waals surface area contributed by atoms with Gasteiger partial charge in [-0.15, -0.1) is 0 Å². The smallest absolute Gasteiger partial charge is 0.0695 e. The summed E-state index contributed by atoms with van der Waals surface area (Å²) < 4.78 is 0. The molecule has 1 unspecified atom stereocenters. The standard InChI is InChI=1S/C11H20O/c1-9(2)6-5-7-10(3)8-11(4)12/h6,8,11-12H,5,7H2,1-4H3/b10-8+. The van der Waals surface area contributed by atoms with E-state index in [4.69, 9.17) is 5.11 Å². The van der Waals surface area contributed by atoms with Crippen LogP contribution in [0.2, 0.25) is 0 Å². The molecule has 0 aromatic rings. The molecule has 0 bridgehead atoms. The van der Waals surface area contributed by atoms with Crippen molar-refractivity contribution in [3.63, 3.8) is 0 Å². The third-order valence-electron chi connectivity index (χ3n) is 1.62. The van der Waals surface area contributed by atoms with Gasteiger partial charge in [0, 0.05) is 0 Å². The molecule has 0 radical (unpaired) electrons. The van der Waals surface area contributed by atoms with Crippen molar-refractivity contribution in [1.82, 2.24) is 0 Å². The topological polar surface area (TPSA) is 20.2 Å². The van der Waals surface area contributed by atoms with Crippen molar-refractivity contribution in [3.8, 4) is 0 Å². The van der Waals surface area contributed by atoms with Crippen molar-refractivity contribution in [1.29, 1.82) is 0 Å². The average Bonchev–Trinajstić information content (AvgIpc) is 1.84. The summed E-state index contributed by atoms with van der Waals surface area (Å²) in [5.74, 6) is 0. The fourth-order valence-corrected chi connectivity index (χ4v) is 1.08. The van der Waals surface area contributed by atoms with Crippen LogP contribution in [0.3, 0.4) is 0 Å². The third kappa shape index (κ3) is 7.55. The number of rotatable bonds is 4. The molecule has 12 heavy (non-hydrogen) atoms. The molecule has 1 nitrogen and oxygen atoms in total. The van der Waals surface area contributed by atoms with Gasteiger partial charge in [-0.05, 0) is 40.5 Å². The Morgan fingerprint density at radius 3 is 2.33 bits per heavy atom. The van der Waals surface area contributed by atoms with Crippen LogP contribution in [0.25, 0.3) is 0 Å². The molecule has 0 saturated carbocycles. The van der Waals surface area contributed by atoms with Gasteiger partial charge < -0.3 is 5.11 Å². The molecule has 70 valence electrons. The molecule has 0 saturated heterocycles. The molecule has 0 aromatic carbocycles. The molecule has 0 aliphatic carbocycles. The van der Waals surface area contributed by atoms with Gasteiger partial charge in [-0.2, -0.15) is 0 Å². The largest absolute Gasteiger partial charge is 0.389 e. The first kappa shape index (κ1) is 11.4. The Morgan fingerprint density at radius 2 is 1.92 bits per heavy atom. The number of aliphatic hydroxyl groups excluding tert-OH is 1. The minimum absolute atomic E-state index is 0.309. The molecule has 0 aromatic heterocycles. The van der Waals surface area contributed by atoms with Crippen LogP contribution < -0.4 is 0 Å². The second kappa shape index (κ2) is 6.01. The molecular weight excluding hydrogens is 148 g/mol. The van der Waals surface area contributed by atoms with Crippen LogP contribution in [0.1, 0.15) is 40.5 Å². The van der Waals surface area contributed by atoms with E-state index in [0.29, 0.717) is 0 Å². The SMILES string of the molecule is CC(C)=CCC/C(C)=C/C(C)O. The van der Waals surface area contributed by atoms with Gasteiger partial charge in [0.25, 0.3) is 0 Å². The second-order valence-corrected chi connectivity index (χ2v) is 3.57. The maximum Gasteiger partial charge on any atom is 0.0695 e. The van der Waals surface area contributed by atoms with Gasteiger partial charge in [-0.1, -0.05) is 23.3 Å². The maximum atomic E-state index is 9.04. The quantitative estimate of drug-likeness (QED) is 0.640. The van der Waals surface area contributed by atoms with E-state index >= 15 is 0 Å². The lowest BCUT2D eigenvalue weighted by atomic mass is 10.1. The summed E-state index contributed by atoms with van der Waals surface area (Å²) in [5, 5.41) is 9.04. The Bertz CT molecular complexity index is 171. The van der Waals surface area contributed by atoms with E-state index in [2.05, 4.69) is 26.8 Å². The molecule has 0 rings (SSSR count). The van der Waals surface area contributed by atoms with Crippen LogP contribution in [0, 0.1) is 0 Å². The monoisotopic (exact) mass is 168 g/mol. The normalized spacial score (nSPS) is 14.2. The van der Waals surface area contributed by atoms with Crippen molar-refractivity contribution in [3.05, 3.63) is 23.3 Å². The summed E-state index contributed by atoms with van der Waals surface area (Å²) in [5.41, 5.74) is 2.63. The molecule has 0 heterocycles. The zero-order valence-corrected chi connectivity index (χ0v) is 8.59. The summed E-state index contributed by atoms with van der Waals surface area (Å²) >= 11 is 0. The van der Waals surface area contributed by atoms with E-state index in [1.807, 2.05) is 6.08 Å². The van der Waals surface area contributed by atoms with E-state index in [1.165, 1.54) is 11.1 Å². The Morgan fingerprint density at radius 1 is 1.33 bits per heavy atom. The summed E-state index contributed by atoms with van der Waals surface area (Å²) in [4.78, 5) is 0. The van der Waals surface area contributed by atoms with Gasteiger partial charge in [-0.25, -0.2) is 0 Å². The Balaban J connectivity index is 3.71. The molecule has 0 fully saturated rings. The maximum absolute atomic E-state index is 9.04. The molecule has 0 amide bonds. The zero-order valence-electron chi connectivity index (χ0n) is 8.59. The molecule has 0 spiro atoms. The first-order valence-corrected chi connectivity index (χ1v) is 4.51. The van der Waals surface area contributed by atoms with Gasteiger partial charge in [0.1, 0.15) is 0 Å².